The molecule has 0 atom stereocenters. The van der Waals surface area contributed by atoms with Crippen molar-refractivity contribution in [2.75, 3.05) is 23.3 Å². The number of hydrogen-bond donors (Lipinski definition) is 1. The van der Waals surface area contributed by atoms with Crippen LogP contribution in [0.15, 0.2) is 83.8 Å². The molecule has 1 aromatic heterocycles. The topological polar surface area (TPSA) is 101 Å². The highest BCUT2D eigenvalue weighted by Crippen LogP contribution is 2.32. The molecule has 0 saturated heterocycles. The van der Waals surface area contributed by atoms with E-state index in [1.54, 1.807) is 24.3 Å². The summed E-state index contributed by atoms with van der Waals surface area (Å²) in [4.78, 5) is 12.9. The maximum absolute atomic E-state index is 13.4. The van der Waals surface area contributed by atoms with Crippen LogP contribution in [-0.4, -0.2) is 38.2 Å². The summed E-state index contributed by atoms with van der Waals surface area (Å²) < 4.78 is 33.0. The van der Waals surface area contributed by atoms with Gasteiger partial charge in [-0.05, 0) is 30.3 Å². The van der Waals surface area contributed by atoms with Crippen molar-refractivity contribution >= 4 is 49.7 Å². The molecule has 1 N–H and O–H groups in total. The summed E-state index contributed by atoms with van der Waals surface area (Å²) in [5, 5.41) is 11.8. The minimum absolute atomic E-state index is 0.0389. The molecule has 0 aliphatic heterocycles. The molecule has 3 aromatic carbocycles. The van der Waals surface area contributed by atoms with Crippen molar-refractivity contribution in [3.8, 4) is 16.3 Å². The minimum Gasteiger partial charge on any atom is -0.495 e. The highest BCUT2D eigenvalue weighted by molar-refractivity contribution is 7.92. The van der Waals surface area contributed by atoms with E-state index in [0.717, 1.165) is 9.87 Å². The van der Waals surface area contributed by atoms with Crippen molar-refractivity contribution in [3.05, 3.63) is 83.9 Å². The molecule has 0 aliphatic rings. The third-order valence-electron chi connectivity index (χ3n) is 4.73. The van der Waals surface area contributed by atoms with Crippen molar-refractivity contribution in [1.29, 1.82) is 0 Å². The first-order chi connectivity index (χ1) is 16.4. The number of ether oxygens (including phenoxy) is 1. The van der Waals surface area contributed by atoms with Gasteiger partial charge < -0.3 is 4.74 Å². The summed E-state index contributed by atoms with van der Waals surface area (Å²) in [6, 6.07) is 21.8. The summed E-state index contributed by atoms with van der Waals surface area (Å²) in [7, 11) is -2.62. The molecule has 0 radical (unpaired) electrons. The molecule has 0 bridgehead atoms. The van der Waals surface area contributed by atoms with Crippen LogP contribution in [0.3, 0.4) is 0 Å². The Hall–Kier alpha value is -3.47. The lowest BCUT2D eigenvalue weighted by molar-refractivity contribution is -0.114. The molecule has 0 spiro atoms. The Bertz CT molecular complexity index is 1400. The van der Waals surface area contributed by atoms with E-state index in [1.807, 2.05) is 30.3 Å². The zero-order chi connectivity index (χ0) is 24.1. The molecule has 0 fully saturated rings. The van der Waals surface area contributed by atoms with E-state index < -0.39 is 22.5 Å². The number of anilines is 2. The van der Waals surface area contributed by atoms with Gasteiger partial charge in [-0.3, -0.25) is 14.4 Å². The second-order valence-corrected chi connectivity index (χ2v) is 10.2. The molecule has 0 unspecified atom stereocenters. The van der Waals surface area contributed by atoms with Gasteiger partial charge in [0.05, 0.1) is 22.7 Å². The number of sulfonamides is 1. The summed E-state index contributed by atoms with van der Waals surface area (Å²) >= 11 is 7.42. The smallest absolute Gasteiger partial charge is 0.264 e. The Balaban J connectivity index is 1.61. The van der Waals surface area contributed by atoms with Crippen molar-refractivity contribution in [3.63, 3.8) is 0 Å². The van der Waals surface area contributed by atoms with Crippen LogP contribution < -0.4 is 14.4 Å². The Labute approximate surface area is 205 Å². The largest absolute Gasteiger partial charge is 0.495 e. The minimum atomic E-state index is -4.08. The Kier molecular flexibility index (Phi) is 7.11. The monoisotopic (exact) mass is 514 g/mol. The van der Waals surface area contributed by atoms with Gasteiger partial charge in [-0.2, -0.15) is 0 Å². The van der Waals surface area contributed by atoms with Crippen LogP contribution in [0.1, 0.15) is 0 Å². The van der Waals surface area contributed by atoms with Crippen LogP contribution in [0.4, 0.5) is 10.8 Å². The number of nitrogens with zero attached hydrogens (tertiary/aromatic N) is 3. The third-order valence-corrected chi connectivity index (χ3v) is 7.71. The fourth-order valence-electron chi connectivity index (χ4n) is 3.11. The lowest BCUT2D eigenvalue weighted by atomic mass is 10.2. The van der Waals surface area contributed by atoms with Gasteiger partial charge in [0.2, 0.25) is 11.0 Å². The van der Waals surface area contributed by atoms with E-state index in [1.165, 1.54) is 42.7 Å². The number of benzene rings is 3. The number of rotatable bonds is 8. The van der Waals surface area contributed by atoms with E-state index in [4.69, 9.17) is 16.3 Å². The zero-order valence-corrected chi connectivity index (χ0v) is 20.3. The Morgan fingerprint density at radius 3 is 2.35 bits per heavy atom. The summed E-state index contributed by atoms with van der Waals surface area (Å²) in [6.07, 6.45) is 0. The summed E-state index contributed by atoms with van der Waals surface area (Å²) in [5.74, 6) is -0.198. The summed E-state index contributed by atoms with van der Waals surface area (Å²) in [6.45, 7) is -0.500. The fourth-order valence-corrected chi connectivity index (χ4v) is 5.56. The predicted octanol–water partition coefficient (Wildman–Crippen LogP) is 4.70. The van der Waals surface area contributed by atoms with Gasteiger partial charge in [0.25, 0.3) is 10.0 Å². The van der Waals surface area contributed by atoms with Crippen LogP contribution in [0.5, 0.6) is 5.75 Å². The zero-order valence-electron chi connectivity index (χ0n) is 17.9. The molecule has 0 saturated carbocycles. The first-order valence-corrected chi connectivity index (χ1v) is 12.6. The number of amides is 1. The maximum Gasteiger partial charge on any atom is 0.264 e. The Morgan fingerprint density at radius 1 is 1.03 bits per heavy atom. The number of hydrogen-bond acceptors (Lipinski definition) is 7. The van der Waals surface area contributed by atoms with Crippen LogP contribution in [0.2, 0.25) is 5.02 Å². The lowest BCUT2D eigenvalue weighted by Crippen LogP contribution is -2.38. The van der Waals surface area contributed by atoms with Crippen LogP contribution in [0.25, 0.3) is 10.6 Å². The van der Waals surface area contributed by atoms with Crippen LogP contribution in [-0.2, 0) is 14.8 Å². The molecule has 4 aromatic rings. The van der Waals surface area contributed by atoms with E-state index >= 15 is 0 Å². The molecule has 34 heavy (non-hydrogen) atoms. The lowest BCUT2D eigenvalue weighted by Gasteiger charge is -2.24. The number of carbonyl (C=O) groups excluding carboxylic acids is 1. The number of nitrogens with one attached hydrogen (secondary N) is 1. The fraction of sp³-hybridized carbons (Fsp3) is 0.0870. The second-order valence-electron chi connectivity index (χ2n) is 6.97. The molecule has 0 aliphatic carbocycles. The molecule has 8 nitrogen and oxygen atoms in total. The van der Waals surface area contributed by atoms with Gasteiger partial charge in [0, 0.05) is 5.56 Å². The molecule has 174 valence electrons. The number of carbonyl (C=O) groups is 1. The number of methoxy groups -OCH3 is 1. The van der Waals surface area contributed by atoms with E-state index in [9.17, 15) is 13.2 Å². The van der Waals surface area contributed by atoms with Gasteiger partial charge in [0.1, 0.15) is 17.3 Å². The van der Waals surface area contributed by atoms with Crippen LogP contribution in [0, 0.1) is 0 Å². The molecule has 11 heteroatoms. The van der Waals surface area contributed by atoms with Crippen molar-refractivity contribution in [2.24, 2.45) is 0 Å². The van der Waals surface area contributed by atoms with Crippen molar-refractivity contribution in [1.82, 2.24) is 10.2 Å². The normalized spacial score (nSPS) is 11.1. The van der Waals surface area contributed by atoms with Gasteiger partial charge in [-0.15, -0.1) is 10.2 Å². The quantitative estimate of drug-likeness (QED) is 0.365. The van der Waals surface area contributed by atoms with E-state index in [-0.39, 0.29) is 20.7 Å². The van der Waals surface area contributed by atoms with Crippen LogP contribution >= 0.6 is 22.9 Å². The van der Waals surface area contributed by atoms with Gasteiger partial charge in [-0.25, -0.2) is 8.42 Å². The standard InChI is InChI=1S/C23H19ClN4O4S2/c1-32-20-13-12-17(14-19(20)24)28(34(30,31)18-10-6-3-7-11-18)15-21(29)25-23-27-26-22(33-23)16-8-4-2-5-9-16/h2-14H,15H2,1H3,(H,25,27,29). The SMILES string of the molecule is COc1ccc(N(CC(=O)Nc2nnc(-c3ccccc3)s2)S(=O)(=O)c2ccccc2)cc1Cl. The Morgan fingerprint density at radius 2 is 1.71 bits per heavy atom. The molecular weight excluding hydrogens is 496 g/mol. The van der Waals surface area contributed by atoms with Gasteiger partial charge in [-0.1, -0.05) is 71.5 Å². The van der Waals surface area contributed by atoms with Crippen molar-refractivity contribution in [2.45, 2.75) is 4.90 Å². The molecule has 1 heterocycles. The number of aromatic nitrogens is 2. The third kappa shape index (κ3) is 5.19. The molecular formula is C23H19ClN4O4S2. The number of halogens is 1. The van der Waals surface area contributed by atoms with Gasteiger partial charge >= 0.3 is 0 Å². The summed E-state index contributed by atoms with van der Waals surface area (Å²) in [5.41, 5.74) is 1.08. The van der Waals surface area contributed by atoms with E-state index in [0.29, 0.717) is 10.8 Å². The van der Waals surface area contributed by atoms with Gasteiger partial charge in [0.15, 0.2) is 0 Å². The average Bonchev–Trinajstić information content (AvgIpc) is 3.32. The predicted molar refractivity (Wildman–Crippen MR) is 133 cm³/mol. The van der Waals surface area contributed by atoms with E-state index in [2.05, 4.69) is 15.5 Å². The maximum atomic E-state index is 13.4. The highest BCUT2D eigenvalue weighted by atomic mass is 35.5. The first-order valence-electron chi connectivity index (χ1n) is 9.98. The molecule has 4 rings (SSSR count). The second kappa shape index (κ2) is 10.2. The average molecular weight is 515 g/mol. The first kappa shape index (κ1) is 23.7. The molecule has 1 amide bonds. The van der Waals surface area contributed by atoms with Crippen molar-refractivity contribution < 1.29 is 17.9 Å². The highest BCUT2D eigenvalue weighted by Gasteiger charge is 2.28.